The zero-order chi connectivity index (χ0) is 28.5. The molecule has 4 aromatic rings. The monoisotopic (exact) mass is 563 g/mol. The molecule has 0 aromatic heterocycles. The maximum absolute atomic E-state index is 13.3. The van der Waals surface area contributed by atoms with E-state index in [4.69, 9.17) is 4.28 Å². The van der Waals surface area contributed by atoms with Gasteiger partial charge in [-0.05, 0) is 78.2 Å². The van der Waals surface area contributed by atoms with Crippen molar-refractivity contribution in [2.75, 3.05) is 23.8 Å². The molecule has 0 saturated heterocycles. The van der Waals surface area contributed by atoms with Crippen LogP contribution in [0.15, 0.2) is 108 Å². The van der Waals surface area contributed by atoms with Crippen LogP contribution < -0.4 is 10.6 Å². The zero-order valence-corrected chi connectivity index (χ0v) is 22.0. The SMILES string of the molecule is O=C(Nc1ccccc1)Nc1ccc(C(=O)N(CCCO)OS(=O)(=O)c2cccc(-c3ccc(F)cc3)c2)cc1. The highest BCUT2D eigenvalue weighted by atomic mass is 32.2. The number of hydroxylamine groups is 2. The number of para-hydroxylation sites is 1. The molecule has 0 bridgehead atoms. The van der Waals surface area contributed by atoms with Crippen LogP contribution in [0.4, 0.5) is 20.6 Å². The molecule has 0 aliphatic heterocycles. The predicted octanol–water partition coefficient (Wildman–Crippen LogP) is 5.28. The zero-order valence-electron chi connectivity index (χ0n) is 21.2. The van der Waals surface area contributed by atoms with E-state index in [9.17, 15) is 27.5 Å². The van der Waals surface area contributed by atoms with Gasteiger partial charge in [0.2, 0.25) is 0 Å². The highest BCUT2D eigenvalue weighted by molar-refractivity contribution is 7.86. The van der Waals surface area contributed by atoms with Crippen LogP contribution in [0.2, 0.25) is 0 Å². The molecule has 11 heteroatoms. The first-order valence-corrected chi connectivity index (χ1v) is 13.6. The summed E-state index contributed by atoms with van der Waals surface area (Å²) in [6.45, 7) is -0.502. The molecule has 3 amide bonds. The average molecular weight is 564 g/mol. The van der Waals surface area contributed by atoms with E-state index in [-0.39, 0.29) is 30.0 Å². The third-order valence-electron chi connectivity index (χ3n) is 5.66. The second kappa shape index (κ2) is 13.0. The Hall–Kier alpha value is -4.58. The quantitative estimate of drug-likeness (QED) is 0.226. The number of carbonyl (C=O) groups is 2. The molecule has 0 radical (unpaired) electrons. The topological polar surface area (TPSA) is 125 Å². The average Bonchev–Trinajstić information content (AvgIpc) is 2.96. The first-order valence-electron chi connectivity index (χ1n) is 12.2. The molecule has 0 aliphatic carbocycles. The van der Waals surface area contributed by atoms with Crippen molar-refractivity contribution < 1.29 is 31.8 Å². The molecule has 0 saturated carbocycles. The Morgan fingerprint density at radius 1 is 0.800 bits per heavy atom. The van der Waals surface area contributed by atoms with Gasteiger partial charge < -0.3 is 15.7 Å². The van der Waals surface area contributed by atoms with Gasteiger partial charge in [-0.25, -0.2) is 9.18 Å². The maximum atomic E-state index is 13.3. The fraction of sp³-hybridized carbons (Fsp3) is 0.103. The second-order valence-electron chi connectivity index (χ2n) is 8.57. The molecule has 0 heterocycles. The second-order valence-corrected chi connectivity index (χ2v) is 10.1. The van der Waals surface area contributed by atoms with Crippen molar-refractivity contribution in [1.29, 1.82) is 0 Å². The molecular formula is C29H26FN3O6S. The summed E-state index contributed by atoms with van der Waals surface area (Å²) in [5, 5.41) is 15.3. The molecule has 4 rings (SSSR count). The molecule has 4 aromatic carbocycles. The number of nitrogens with one attached hydrogen (secondary N) is 2. The van der Waals surface area contributed by atoms with Crippen molar-refractivity contribution in [3.05, 3.63) is 115 Å². The van der Waals surface area contributed by atoms with Gasteiger partial charge in [0.05, 0.1) is 11.4 Å². The highest BCUT2D eigenvalue weighted by Crippen LogP contribution is 2.25. The number of nitrogens with zero attached hydrogens (tertiary/aromatic N) is 1. The van der Waals surface area contributed by atoms with E-state index >= 15 is 0 Å². The van der Waals surface area contributed by atoms with Crippen molar-refractivity contribution in [1.82, 2.24) is 5.06 Å². The number of aliphatic hydroxyl groups is 1. The van der Waals surface area contributed by atoms with Gasteiger partial charge in [-0.2, -0.15) is 13.5 Å². The van der Waals surface area contributed by atoms with E-state index in [0.29, 0.717) is 27.6 Å². The lowest BCUT2D eigenvalue weighted by atomic mass is 10.1. The summed E-state index contributed by atoms with van der Waals surface area (Å²) in [7, 11) is -4.45. The Bertz CT molecular complexity index is 1560. The summed E-state index contributed by atoms with van der Waals surface area (Å²) < 4.78 is 44.7. The van der Waals surface area contributed by atoms with E-state index < -0.39 is 27.9 Å². The van der Waals surface area contributed by atoms with Crippen molar-refractivity contribution in [2.24, 2.45) is 0 Å². The van der Waals surface area contributed by atoms with Gasteiger partial charge in [0, 0.05) is 23.5 Å². The minimum Gasteiger partial charge on any atom is -0.396 e. The number of aliphatic hydroxyl groups excluding tert-OH is 1. The third-order valence-corrected chi connectivity index (χ3v) is 6.86. The molecule has 3 N–H and O–H groups in total. The first-order chi connectivity index (χ1) is 19.2. The summed E-state index contributed by atoms with van der Waals surface area (Å²) in [6.07, 6.45) is 0.0657. The molecular weight excluding hydrogens is 537 g/mol. The minimum atomic E-state index is -4.45. The van der Waals surface area contributed by atoms with Gasteiger partial charge in [0.1, 0.15) is 5.82 Å². The number of amides is 3. The number of halogens is 1. The standard InChI is InChI=1S/C29H26FN3O6S/c30-24-14-10-21(11-15-24)23-6-4-9-27(20-23)40(37,38)39-33(18-5-19-34)28(35)22-12-16-26(17-13-22)32-29(36)31-25-7-2-1-3-8-25/h1-4,6-17,20,34H,5,18-19H2,(H2,31,32,36). The predicted molar refractivity (Wildman–Crippen MR) is 148 cm³/mol. The smallest absolute Gasteiger partial charge is 0.323 e. The number of hydrogen-bond donors (Lipinski definition) is 3. The Morgan fingerprint density at radius 2 is 1.45 bits per heavy atom. The Labute approximate surface area is 230 Å². The Balaban J connectivity index is 1.48. The van der Waals surface area contributed by atoms with Crippen LogP contribution in [0.1, 0.15) is 16.8 Å². The molecule has 0 spiro atoms. The van der Waals surface area contributed by atoms with Crippen LogP contribution in [0, 0.1) is 5.82 Å². The maximum Gasteiger partial charge on any atom is 0.323 e. The third kappa shape index (κ3) is 7.50. The van der Waals surface area contributed by atoms with Crippen LogP contribution in [0.3, 0.4) is 0 Å². The van der Waals surface area contributed by atoms with Crippen LogP contribution in [0.25, 0.3) is 11.1 Å². The number of benzene rings is 4. The summed E-state index contributed by atoms with van der Waals surface area (Å²) in [6, 6.07) is 25.6. The summed E-state index contributed by atoms with van der Waals surface area (Å²) in [5.74, 6) is -1.18. The van der Waals surface area contributed by atoms with Crippen molar-refractivity contribution >= 4 is 33.4 Å². The van der Waals surface area contributed by atoms with E-state index in [2.05, 4.69) is 10.6 Å². The molecule has 0 aliphatic rings. The number of carbonyl (C=O) groups excluding carboxylic acids is 2. The highest BCUT2D eigenvalue weighted by Gasteiger charge is 2.26. The van der Waals surface area contributed by atoms with Crippen molar-refractivity contribution in [2.45, 2.75) is 11.3 Å². The van der Waals surface area contributed by atoms with Crippen molar-refractivity contribution in [3.63, 3.8) is 0 Å². The van der Waals surface area contributed by atoms with Gasteiger partial charge in [-0.15, -0.1) is 4.28 Å². The summed E-state index contributed by atoms with van der Waals surface area (Å²) >= 11 is 0. The minimum absolute atomic E-state index is 0.0657. The molecule has 40 heavy (non-hydrogen) atoms. The summed E-state index contributed by atoms with van der Waals surface area (Å²) in [5.41, 5.74) is 2.21. The lowest BCUT2D eigenvalue weighted by Crippen LogP contribution is -2.35. The van der Waals surface area contributed by atoms with E-state index in [1.807, 2.05) is 6.07 Å². The molecule has 9 nitrogen and oxygen atoms in total. The summed E-state index contributed by atoms with van der Waals surface area (Å²) in [4.78, 5) is 25.2. The molecule has 0 unspecified atom stereocenters. The lowest BCUT2D eigenvalue weighted by Gasteiger charge is -2.21. The fourth-order valence-electron chi connectivity index (χ4n) is 3.68. The Morgan fingerprint density at radius 3 is 2.10 bits per heavy atom. The van der Waals surface area contributed by atoms with Crippen LogP contribution in [0.5, 0.6) is 0 Å². The van der Waals surface area contributed by atoms with Crippen LogP contribution in [-0.4, -0.2) is 43.7 Å². The lowest BCUT2D eigenvalue weighted by molar-refractivity contribution is -0.0305. The number of urea groups is 1. The van der Waals surface area contributed by atoms with Gasteiger partial charge in [0.15, 0.2) is 0 Å². The molecule has 0 atom stereocenters. The largest absolute Gasteiger partial charge is 0.396 e. The van der Waals surface area contributed by atoms with Gasteiger partial charge in [0.25, 0.3) is 5.91 Å². The normalized spacial score (nSPS) is 11.1. The first kappa shape index (κ1) is 28.4. The van der Waals surface area contributed by atoms with Gasteiger partial charge in [-0.3, -0.25) is 4.79 Å². The van der Waals surface area contributed by atoms with Crippen molar-refractivity contribution in [3.8, 4) is 11.1 Å². The molecule has 206 valence electrons. The van der Waals surface area contributed by atoms with Gasteiger partial charge in [-0.1, -0.05) is 42.5 Å². The number of rotatable bonds is 10. The van der Waals surface area contributed by atoms with E-state index in [1.54, 1.807) is 30.3 Å². The van der Waals surface area contributed by atoms with Crippen LogP contribution >= 0.6 is 0 Å². The van der Waals surface area contributed by atoms with Gasteiger partial charge >= 0.3 is 16.1 Å². The van der Waals surface area contributed by atoms with E-state index in [0.717, 1.165) is 0 Å². The van der Waals surface area contributed by atoms with E-state index in [1.165, 1.54) is 66.7 Å². The number of anilines is 2. The molecule has 0 fully saturated rings. The number of hydrogen-bond acceptors (Lipinski definition) is 6. The Kier molecular flexibility index (Phi) is 9.23. The fourth-order valence-corrected chi connectivity index (χ4v) is 4.66. The van der Waals surface area contributed by atoms with Crippen LogP contribution in [-0.2, 0) is 14.4 Å².